The van der Waals surface area contributed by atoms with Crippen molar-refractivity contribution in [1.29, 1.82) is 0 Å². The van der Waals surface area contributed by atoms with E-state index in [4.69, 9.17) is 16.3 Å². The Hall–Kier alpha value is 0.210. The van der Waals surface area contributed by atoms with Crippen molar-refractivity contribution in [3.05, 3.63) is 0 Å². The molecule has 3 heteroatoms. The third kappa shape index (κ3) is 1.62. The van der Waals surface area contributed by atoms with Crippen LogP contribution in [0.15, 0.2) is 0 Å². The molecule has 1 fully saturated rings. The Labute approximate surface area is 54.4 Å². The third-order valence-electron chi connectivity index (χ3n) is 1.23. The highest BCUT2D eigenvalue weighted by atomic mass is 35.5. The largest absolute Gasteiger partial charge is 0.365 e. The molecule has 8 heavy (non-hydrogen) atoms. The molecule has 1 aliphatic rings. The first-order valence-electron chi connectivity index (χ1n) is 2.79. The number of hydrogen-bond donors (Lipinski definition) is 0. The highest BCUT2D eigenvalue weighted by Gasteiger charge is 2.09. The fourth-order valence-corrected chi connectivity index (χ4v) is 0.987. The van der Waals surface area contributed by atoms with Crippen molar-refractivity contribution in [3.8, 4) is 0 Å². The van der Waals surface area contributed by atoms with Gasteiger partial charge in [0.15, 0.2) is 0 Å². The second-order valence-corrected chi connectivity index (χ2v) is 2.22. The number of rotatable bonds is 2. The summed E-state index contributed by atoms with van der Waals surface area (Å²) in [4.78, 5) is 2.19. The molecule has 1 rings (SSSR count). The van der Waals surface area contributed by atoms with Crippen molar-refractivity contribution in [2.75, 3.05) is 32.3 Å². The van der Waals surface area contributed by atoms with Crippen LogP contribution in [0.4, 0.5) is 0 Å². The van der Waals surface area contributed by atoms with E-state index in [1.807, 2.05) is 0 Å². The van der Waals surface area contributed by atoms with E-state index in [-0.39, 0.29) is 0 Å². The highest BCUT2D eigenvalue weighted by Crippen LogP contribution is 1.97. The number of nitrogens with zero attached hydrogens (tertiary/aromatic N) is 1. The average molecular weight is 136 g/mol. The predicted molar refractivity (Wildman–Crippen MR) is 33.1 cm³/mol. The normalized spacial score (nSPS) is 22.1. The van der Waals surface area contributed by atoms with E-state index in [1.165, 1.54) is 0 Å². The molecule has 0 saturated carbocycles. The number of halogens is 1. The molecule has 0 aromatic rings. The van der Waals surface area contributed by atoms with Crippen LogP contribution in [-0.2, 0) is 4.74 Å². The summed E-state index contributed by atoms with van der Waals surface area (Å²) in [6, 6.07) is 0. The number of alkyl halides is 1. The van der Waals surface area contributed by atoms with E-state index in [0.717, 1.165) is 26.4 Å². The molecule has 0 aliphatic carbocycles. The van der Waals surface area contributed by atoms with Crippen LogP contribution in [0.2, 0.25) is 0 Å². The Balaban J connectivity index is 2.06. The smallest absolute Gasteiger partial charge is 0.0992 e. The van der Waals surface area contributed by atoms with Crippen LogP contribution >= 0.6 is 11.6 Å². The molecular formula is C5H10ClNO. The minimum absolute atomic E-state index is 0.712. The summed E-state index contributed by atoms with van der Waals surface area (Å²) in [6.45, 7) is 3.65. The first kappa shape index (κ1) is 6.33. The van der Waals surface area contributed by atoms with Crippen LogP contribution in [-0.4, -0.2) is 37.2 Å². The Kier molecular flexibility index (Phi) is 2.59. The molecule has 0 N–H and O–H groups in total. The zero-order valence-corrected chi connectivity index (χ0v) is 5.52. The van der Waals surface area contributed by atoms with Gasteiger partial charge in [-0.1, -0.05) is 0 Å². The lowest BCUT2D eigenvalue weighted by Gasteiger charge is -2.08. The summed E-state index contributed by atoms with van der Waals surface area (Å²) in [7, 11) is 0. The van der Waals surface area contributed by atoms with Crippen molar-refractivity contribution < 1.29 is 4.74 Å². The molecular weight excluding hydrogens is 126 g/mol. The molecule has 2 nitrogen and oxygen atoms in total. The summed E-state index contributed by atoms with van der Waals surface area (Å²) in [6.07, 6.45) is 0. The maximum absolute atomic E-state index is 5.48. The molecule has 0 radical (unpaired) electrons. The van der Waals surface area contributed by atoms with Gasteiger partial charge in [-0.3, -0.25) is 4.90 Å². The fourth-order valence-electron chi connectivity index (χ4n) is 0.748. The molecule has 48 valence electrons. The number of hydrogen-bond acceptors (Lipinski definition) is 2. The predicted octanol–water partition coefficient (Wildman–Crippen LogP) is 0.515. The van der Waals surface area contributed by atoms with Gasteiger partial charge in [-0.2, -0.15) is 0 Å². The lowest BCUT2D eigenvalue weighted by atomic mass is 10.6. The first-order chi connectivity index (χ1) is 3.93. The van der Waals surface area contributed by atoms with Gasteiger partial charge in [0.25, 0.3) is 0 Å². The van der Waals surface area contributed by atoms with E-state index < -0.39 is 0 Å². The molecule has 0 bridgehead atoms. The van der Waals surface area contributed by atoms with Crippen molar-refractivity contribution >= 4 is 11.6 Å². The van der Waals surface area contributed by atoms with Gasteiger partial charge in [0.2, 0.25) is 0 Å². The SMILES string of the molecule is ClCCN1CCOC1. The van der Waals surface area contributed by atoms with Gasteiger partial charge in [-0.15, -0.1) is 11.6 Å². The Morgan fingerprint density at radius 3 is 3.00 bits per heavy atom. The molecule has 0 amide bonds. The minimum atomic E-state index is 0.712. The fraction of sp³-hybridized carbons (Fsp3) is 1.00. The van der Waals surface area contributed by atoms with E-state index >= 15 is 0 Å². The van der Waals surface area contributed by atoms with Crippen LogP contribution in [0.1, 0.15) is 0 Å². The average Bonchev–Trinajstić information content (AvgIpc) is 2.19. The highest BCUT2D eigenvalue weighted by molar-refractivity contribution is 6.18. The van der Waals surface area contributed by atoms with Crippen LogP contribution in [0.25, 0.3) is 0 Å². The molecule has 0 aromatic carbocycles. The first-order valence-corrected chi connectivity index (χ1v) is 3.33. The maximum Gasteiger partial charge on any atom is 0.0992 e. The van der Waals surface area contributed by atoms with Gasteiger partial charge in [-0.25, -0.2) is 0 Å². The Bertz CT molecular complexity index is 63.4. The second kappa shape index (κ2) is 3.28. The van der Waals surface area contributed by atoms with Gasteiger partial charge < -0.3 is 4.74 Å². The molecule has 1 saturated heterocycles. The van der Waals surface area contributed by atoms with Crippen molar-refractivity contribution in [3.63, 3.8) is 0 Å². The van der Waals surface area contributed by atoms with Crippen molar-refractivity contribution in [1.82, 2.24) is 4.90 Å². The molecule has 1 heterocycles. The topological polar surface area (TPSA) is 12.5 Å². The van der Waals surface area contributed by atoms with E-state index in [0.29, 0.717) is 5.88 Å². The van der Waals surface area contributed by atoms with Gasteiger partial charge in [0.1, 0.15) is 0 Å². The van der Waals surface area contributed by atoms with Crippen LogP contribution in [0.3, 0.4) is 0 Å². The van der Waals surface area contributed by atoms with Gasteiger partial charge in [0.05, 0.1) is 13.3 Å². The summed E-state index contributed by atoms with van der Waals surface area (Å²) >= 11 is 5.48. The zero-order valence-electron chi connectivity index (χ0n) is 4.77. The molecule has 0 aromatic heterocycles. The van der Waals surface area contributed by atoms with Crippen molar-refractivity contribution in [2.24, 2.45) is 0 Å². The Morgan fingerprint density at radius 1 is 1.62 bits per heavy atom. The standard InChI is InChI=1S/C5H10ClNO/c6-1-2-7-3-4-8-5-7/h1-5H2. The molecule has 0 spiro atoms. The van der Waals surface area contributed by atoms with E-state index in [1.54, 1.807) is 0 Å². The second-order valence-electron chi connectivity index (χ2n) is 1.84. The zero-order chi connectivity index (χ0) is 5.82. The van der Waals surface area contributed by atoms with Crippen LogP contribution < -0.4 is 0 Å². The summed E-state index contributed by atoms with van der Waals surface area (Å²) in [5, 5.41) is 0. The number of ether oxygens (including phenoxy) is 1. The summed E-state index contributed by atoms with van der Waals surface area (Å²) in [5.41, 5.74) is 0. The van der Waals surface area contributed by atoms with Crippen molar-refractivity contribution in [2.45, 2.75) is 0 Å². The van der Waals surface area contributed by atoms with Gasteiger partial charge >= 0.3 is 0 Å². The van der Waals surface area contributed by atoms with E-state index in [2.05, 4.69) is 4.90 Å². The monoisotopic (exact) mass is 135 g/mol. The van der Waals surface area contributed by atoms with Crippen LogP contribution in [0, 0.1) is 0 Å². The maximum atomic E-state index is 5.48. The molecule has 0 atom stereocenters. The third-order valence-corrected chi connectivity index (χ3v) is 1.40. The summed E-state index contributed by atoms with van der Waals surface area (Å²) in [5.74, 6) is 0.712. The summed E-state index contributed by atoms with van der Waals surface area (Å²) < 4.78 is 5.08. The lowest BCUT2D eigenvalue weighted by molar-refractivity contribution is 0.144. The van der Waals surface area contributed by atoms with Gasteiger partial charge in [0, 0.05) is 19.0 Å². The quantitative estimate of drug-likeness (QED) is 0.512. The molecule has 0 unspecified atom stereocenters. The molecule has 1 aliphatic heterocycles. The minimum Gasteiger partial charge on any atom is -0.365 e. The van der Waals surface area contributed by atoms with Gasteiger partial charge in [-0.05, 0) is 0 Å². The van der Waals surface area contributed by atoms with Crippen LogP contribution in [0.5, 0.6) is 0 Å². The van der Waals surface area contributed by atoms with E-state index in [9.17, 15) is 0 Å². The Morgan fingerprint density at radius 2 is 2.50 bits per heavy atom. The lowest BCUT2D eigenvalue weighted by Crippen LogP contribution is -2.21.